The summed E-state index contributed by atoms with van der Waals surface area (Å²) in [6.07, 6.45) is 0. The summed E-state index contributed by atoms with van der Waals surface area (Å²) in [5.74, 6) is 0.140. The second kappa shape index (κ2) is 3.77. The predicted octanol–water partition coefficient (Wildman–Crippen LogP) is 2.33. The summed E-state index contributed by atoms with van der Waals surface area (Å²) in [6, 6.07) is 12.4. The van der Waals surface area contributed by atoms with E-state index < -0.39 is 0 Å². The van der Waals surface area contributed by atoms with Gasteiger partial charge < -0.3 is 10.1 Å². The van der Waals surface area contributed by atoms with Crippen molar-refractivity contribution in [2.45, 2.75) is 6.92 Å². The van der Waals surface area contributed by atoms with E-state index in [-0.39, 0.29) is 11.4 Å². The van der Waals surface area contributed by atoms with E-state index in [1.165, 1.54) is 0 Å². The van der Waals surface area contributed by atoms with Crippen molar-refractivity contribution >= 4 is 11.0 Å². The maximum atomic E-state index is 12.0. The Labute approximate surface area is 103 Å². The molecule has 1 heterocycles. The third kappa shape index (κ3) is 1.59. The van der Waals surface area contributed by atoms with E-state index in [1.807, 2.05) is 25.1 Å². The molecule has 2 aromatic carbocycles. The first-order valence-electron chi connectivity index (χ1n) is 5.66. The van der Waals surface area contributed by atoms with Gasteiger partial charge >= 0.3 is 5.69 Å². The molecule has 0 saturated carbocycles. The molecule has 0 atom stereocenters. The Morgan fingerprint density at radius 2 is 2.00 bits per heavy atom. The number of aryl methyl sites for hydroxylation is 1. The summed E-state index contributed by atoms with van der Waals surface area (Å²) < 4.78 is 1.55. The number of H-pyrrole nitrogens is 1. The van der Waals surface area contributed by atoms with Gasteiger partial charge in [0.1, 0.15) is 5.75 Å². The molecule has 0 saturated heterocycles. The summed E-state index contributed by atoms with van der Waals surface area (Å²) in [6.45, 7) is 1.98. The van der Waals surface area contributed by atoms with Crippen LogP contribution >= 0.6 is 0 Å². The van der Waals surface area contributed by atoms with Crippen LogP contribution in [0.3, 0.4) is 0 Å². The molecule has 0 aliphatic rings. The molecule has 0 radical (unpaired) electrons. The third-order valence-corrected chi connectivity index (χ3v) is 2.93. The molecule has 0 amide bonds. The molecule has 90 valence electrons. The van der Waals surface area contributed by atoms with Crippen molar-refractivity contribution in [2.24, 2.45) is 0 Å². The van der Waals surface area contributed by atoms with E-state index in [1.54, 1.807) is 28.8 Å². The lowest BCUT2D eigenvalue weighted by molar-refractivity contribution is 0.475. The minimum absolute atomic E-state index is 0.140. The Balaban J connectivity index is 2.35. The van der Waals surface area contributed by atoms with Crippen LogP contribution in [0.4, 0.5) is 0 Å². The number of hydrogen-bond acceptors (Lipinski definition) is 2. The lowest BCUT2D eigenvalue weighted by Crippen LogP contribution is -2.14. The molecule has 0 bridgehead atoms. The summed E-state index contributed by atoms with van der Waals surface area (Å²) >= 11 is 0. The number of benzene rings is 2. The fourth-order valence-corrected chi connectivity index (χ4v) is 2.11. The van der Waals surface area contributed by atoms with Gasteiger partial charge in [0.2, 0.25) is 0 Å². The van der Waals surface area contributed by atoms with Crippen molar-refractivity contribution in [3.8, 4) is 11.4 Å². The highest BCUT2D eigenvalue weighted by Crippen LogP contribution is 2.19. The molecule has 1 aromatic heterocycles. The van der Waals surface area contributed by atoms with Crippen molar-refractivity contribution in [2.75, 3.05) is 0 Å². The molecule has 4 heteroatoms. The average Bonchev–Trinajstić information content (AvgIpc) is 2.64. The summed E-state index contributed by atoms with van der Waals surface area (Å²) in [5.41, 5.74) is 3.13. The van der Waals surface area contributed by atoms with Gasteiger partial charge in [-0.15, -0.1) is 0 Å². The van der Waals surface area contributed by atoms with Crippen LogP contribution in [0.2, 0.25) is 0 Å². The number of rotatable bonds is 1. The van der Waals surface area contributed by atoms with E-state index in [4.69, 9.17) is 0 Å². The second-order valence-electron chi connectivity index (χ2n) is 4.31. The number of aromatic hydroxyl groups is 1. The van der Waals surface area contributed by atoms with Gasteiger partial charge in [-0.1, -0.05) is 12.1 Å². The lowest BCUT2D eigenvalue weighted by atomic mass is 10.2. The Morgan fingerprint density at radius 3 is 2.78 bits per heavy atom. The van der Waals surface area contributed by atoms with Crippen LogP contribution in [0.25, 0.3) is 16.7 Å². The number of nitrogens with zero attached hydrogens (tertiary/aromatic N) is 1. The Hall–Kier alpha value is -2.49. The Kier molecular flexibility index (Phi) is 2.23. The summed E-state index contributed by atoms with van der Waals surface area (Å²) in [4.78, 5) is 14.8. The zero-order chi connectivity index (χ0) is 12.7. The highest BCUT2D eigenvalue weighted by Gasteiger charge is 2.08. The largest absolute Gasteiger partial charge is 0.508 e. The van der Waals surface area contributed by atoms with Crippen molar-refractivity contribution in [1.82, 2.24) is 9.55 Å². The minimum atomic E-state index is -0.207. The number of hydrogen-bond donors (Lipinski definition) is 2. The van der Waals surface area contributed by atoms with E-state index in [2.05, 4.69) is 4.98 Å². The standard InChI is InChI=1S/C14H12N2O2/c1-9-5-6-13-12(7-9)15-14(18)16(13)10-3-2-4-11(17)8-10/h2-8,17H,1H3,(H,15,18). The number of fused-ring (bicyclic) bond motifs is 1. The SMILES string of the molecule is Cc1ccc2c(c1)[nH]c(=O)n2-c1cccc(O)c1. The predicted molar refractivity (Wildman–Crippen MR) is 70.3 cm³/mol. The average molecular weight is 240 g/mol. The van der Waals surface area contributed by atoms with Gasteiger partial charge in [0, 0.05) is 6.07 Å². The highest BCUT2D eigenvalue weighted by atomic mass is 16.3. The fourth-order valence-electron chi connectivity index (χ4n) is 2.11. The molecular weight excluding hydrogens is 228 g/mol. The molecule has 0 spiro atoms. The van der Waals surface area contributed by atoms with Crippen LogP contribution in [0.15, 0.2) is 47.3 Å². The smallest absolute Gasteiger partial charge is 0.331 e. The van der Waals surface area contributed by atoms with Gasteiger partial charge in [0.15, 0.2) is 0 Å². The maximum Gasteiger partial charge on any atom is 0.331 e. The number of imidazole rings is 1. The first-order valence-corrected chi connectivity index (χ1v) is 5.66. The van der Waals surface area contributed by atoms with Crippen LogP contribution in [0, 0.1) is 6.92 Å². The normalized spacial score (nSPS) is 10.9. The molecule has 18 heavy (non-hydrogen) atoms. The zero-order valence-corrected chi connectivity index (χ0v) is 9.84. The van der Waals surface area contributed by atoms with E-state index in [0.717, 1.165) is 16.6 Å². The number of phenols is 1. The van der Waals surface area contributed by atoms with Gasteiger partial charge in [0.05, 0.1) is 16.7 Å². The van der Waals surface area contributed by atoms with Crippen molar-refractivity contribution in [1.29, 1.82) is 0 Å². The van der Waals surface area contributed by atoms with E-state index >= 15 is 0 Å². The minimum Gasteiger partial charge on any atom is -0.508 e. The molecular formula is C14H12N2O2. The van der Waals surface area contributed by atoms with Crippen molar-refractivity contribution in [3.05, 3.63) is 58.5 Å². The second-order valence-corrected chi connectivity index (χ2v) is 4.31. The van der Waals surface area contributed by atoms with Gasteiger partial charge in [-0.25, -0.2) is 4.79 Å². The number of aromatic nitrogens is 2. The van der Waals surface area contributed by atoms with Crippen molar-refractivity contribution < 1.29 is 5.11 Å². The van der Waals surface area contributed by atoms with Gasteiger partial charge in [0.25, 0.3) is 0 Å². The fraction of sp³-hybridized carbons (Fsp3) is 0.0714. The number of aromatic amines is 1. The van der Waals surface area contributed by atoms with Crippen LogP contribution in [-0.4, -0.2) is 14.7 Å². The summed E-state index contributed by atoms with van der Waals surface area (Å²) in [5, 5.41) is 9.49. The molecule has 0 aliphatic carbocycles. The molecule has 0 aliphatic heterocycles. The van der Waals surface area contributed by atoms with E-state index in [9.17, 15) is 9.90 Å². The quantitative estimate of drug-likeness (QED) is 0.685. The van der Waals surface area contributed by atoms with Gasteiger partial charge in [-0.05, 0) is 36.8 Å². The molecule has 4 nitrogen and oxygen atoms in total. The first-order chi connectivity index (χ1) is 8.65. The Morgan fingerprint density at radius 1 is 1.17 bits per heavy atom. The van der Waals surface area contributed by atoms with Gasteiger partial charge in [-0.2, -0.15) is 0 Å². The molecule has 0 fully saturated rings. The number of nitrogens with one attached hydrogen (secondary N) is 1. The van der Waals surface area contributed by atoms with Crippen LogP contribution in [0.1, 0.15) is 5.56 Å². The summed E-state index contributed by atoms with van der Waals surface area (Å²) in [7, 11) is 0. The maximum absolute atomic E-state index is 12.0. The highest BCUT2D eigenvalue weighted by molar-refractivity contribution is 5.78. The Bertz CT molecular complexity index is 784. The van der Waals surface area contributed by atoms with Gasteiger partial charge in [-0.3, -0.25) is 4.57 Å². The van der Waals surface area contributed by atoms with Crippen LogP contribution in [-0.2, 0) is 0 Å². The number of phenolic OH excluding ortho intramolecular Hbond substituents is 1. The first kappa shape index (κ1) is 10.7. The molecule has 0 unspecified atom stereocenters. The molecule has 2 N–H and O–H groups in total. The monoisotopic (exact) mass is 240 g/mol. The van der Waals surface area contributed by atoms with Crippen LogP contribution in [0.5, 0.6) is 5.75 Å². The van der Waals surface area contributed by atoms with E-state index in [0.29, 0.717) is 5.69 Å². The topological polar surface area (TPSA) is 58.0 Å². The zero-order valence-electron chi connectivity index (χ0n) is 9.84. The van der Waals surface area contributed by atoms with Crippen LogP contribution < -0.4 is 5.69 Å². The molecule has 3 aromatic rings. The third-order valence-electron chi connectivity index (χ3n) is 2.93. The lowest BCUT2D eigenvalue weighted by Gasteiger charge is -2.03. The molecule has 3 rings (SSSR count). The van der Waals surface area contributed by atoms with Crippen molar-refractivity contribution in [3.63, 3.8) is 0 Å².